The van der Waals surface area contributed by atoms with Crippen molar-refractivity contribution in [2.24, 2.45) is 0 Å². The predicted molar refractivity (Wildman–Crippen MR) is 132 cm³/mol. The van der Waals surface area contributed by atoms with Crippen LogP contribution in [0.25, 0.3) is 0 Å². The van der Waals surface area contributed by atoms with Gasteiger partial charge in [-0.3, -0.25) is 24.6 Å². The van der Waals surface area contributed by atoms with E-state index in [-0.39, 0.29) is 36.8 Å². The summed E-state index contributed by atoms with van der Waals surface area (Å²) < 4.78 is 20.5. The van der Waals surface area contributed by atoms with E-state index >= 15 is 4.39 Å². The molecule has 3 aliphatic heterocycles. The Labute approximate surface area is 211 Å². The minimum absolute atomic E-state index is 0.0807. The van der Waals surface area contributed by atoms with Gasteiger partial charge in [-0.25, -0.2) is 4.39 Å². The molecule has 0 aromatic heterocycles. The molecule has 5 rings (SSSR count). The third-order valence-electron chi connectivity index (χ3n) is 6.91. The van der Waals surface area contributed by atoms with Crippen molar-refractivity contribution < 1.29 is 23.5 Å². The zero-order valence-corrected chi connectivity index (χ0v) is 19.8. The van der Waals surface area contributed by atoms with Crippen molar-refractivity contribution in [3.05, 3.63) is 64.5 Å². The predicted octanol–water partition coefficient (Wildman–Crippen LogP) is 0.978. The van der Waals surface area contributed by atoms with Gasteiger partial charge >= 0.3 is 0 Å². The Hall–Kier alpha value is -3.17. The van der Waals surface area contributed by atoms with E-state index in [4.69, 9.17) is 20.4 Å². The van der Waals surface area contributed by atoms with Gasteiger partial charge in [0.1, 0.15) is 11.9 Å². The number of morpholine rings is 1. The largest absolute Gasteiger partial charge is 0.392 e. The minimum atomic E-state index is -1.76. The number of piperidine rings is 1. The number of carbonyl (C=O) groups is 3. The van der Waals surface area contributed by atoms with Crippen LogP contribution in [0.1, 0.15) is 39.9 Å². The number of halogens is 1. The molecule has 8 nitrogen and oxygen atoms in total. The molecule has 2 N–H and O–H groups in total. The van der Waals surface area contributed by atoms with Crippen LogP contribution in [-0.2, 0) is 32.8 Å². The van der Waals surface area contributed by atoms with Crippen molar-refractivity contribution in [2.45, 2.75) is 37.3 Å². The van der Waals surface area contributed by atoms with Gasteiger partial charge in [0.15, 0.2) is 0 Å². The number of hydrogen-bond acceptors (Lipinski definition) is 6. The lowest BCUT2D eigenvalue weighted by Gasteiger charge is -2.32. The van der Waals surface area contributed by atoms with Crippen LogP contribution in [0.15, 0.2) is 36.4 Å². The number of carbonyl (C=O) groups excluding carboxylic acids is 3. The Morgan fingerprint density at radius 1 is 1.14 bits per heavy atom. The lowest BCUT2D eigenvalue weighted by molar-refractivity contribution is -0.136. The highest BCUT2D eigenvalue weighted by atomic mass is 19.1. The first-order valence-electron chi connectivity index (χ1n) is 11.9. The van der Waals surface area contributed by atoms with Crippen molar-refractivity contribution in [1.29, 1.82) is 0 Å². The van der Waals surface area contributed by atoms with Gasteiger partial charge < -0.3 is 15.0 Å². The van der Waals surface area contributed by atoms with Crippen molar-refractivity contribution in [1.82, 2.24) is 15.1 Å². The Morgan fingerprint density at radius 3 is 2.64 bits per heavy atom. The standard InChI is InChI=1S/C25H25B2FN4O4/c26-25(27,18-5-4-15(12-19(18)28)13-31-8-10-36-11-9-31)30-20-3-1-2-16-17(20)14-32(24(16)35)21-6-7-22(33)29-23(21)34/h1-5,12,21,30H,6-11,13-14H2,(H,29,33,34). The molecule has 182 valence electrons. The first-order valence-corrected chi connectivity index (χ1v) is 11.9. The Morgan fingerprint density at radius 2 is 1.92 bits per heavy atom. The summed E-state index contributed by atoms with van der Waals surface area (Å²) in [7, 11) is 12.7. The van der Waals surface area contributed by atoms with E-state index in [1.807, 2.05) is 0 Å². The van der Waals surface area contributed by atoms with Crippen molar-refractivity contribution >= 4 is 39.1 Å². The minimum Gasteiger partial charge on any atom is -0.392 e. The van der Waals surface area contributed by atoms with E-state index in [0.29, 0.717) is 36.6 Å². The molecule has 0 bridgehead atoms. The zero-order chi connectivity index (χ0) is 25.4. The lowest BCUT2D eigenvalue weighted by atomic mass is 9.57. The van der Waals surface area contributed by atoms with Crippen LogP contribution in [0.5, 0.6) is 0 Å². The van der Waals surface area contributed by atoms with Gasteiger partial charge in [0, 0.05) is 49.4 Å². The highest BCUT2D eigenvalue weighted by Crippen LogP contribution is 2.34. The number of ether oxygens (including phenoxy) is 1. The molecule has 0 aliphatic carbocycles. The maximum atomic E-state index is 15.1. The summed E-state index contributed by atoms with van der Waals surface area (Å²) >= 11 is 0. The Balaban J connectivity index is 1.34. The topological polar surface area (TPSA) is 91.0 Å². The highest BCUT2D eigenvalue weighted by Gasteiger charge is 2.40. The third-order valence-corrected chi connectivity index (χ3v) is 6.91. The van der Waals surface area contributed by atoms with Gasteiger partial charge in [0.2, 0.25) is 11.8 Å². The molecule has 1 unspecified atom stereocenters. The summed E-state index contributed by atoms with van der Waals surface area (Å²) in [5.74, 6) is -1.70. The van der Waals surface area contributed by atoms with Gasteiger partial charge in [-0.2, -0.15) is 0 Å². The maximum absolute atomic E-state index is 15.1. The molecule has 2 fully saturated rings. The normalized spacial score (nSPS) is 20.9. The maximum Gasteiger partial charge on any atom is 0.255 e. The number of fused-ring (bicyclic) bond motifs is 1. The molecule has 4 radical (unpaired) electrons. The summed E-state index contributed by atoms with van der Waals surface area (Å²) in [5.41, 5.74) is 2.37. The van der Waals surface area contributed by atoms with Crippen molar-refractivity contribution in [3.8, 4) is 0 Å². The zero-order valence-electron chi connectivity index (χ0n) is 19.8. The number of amides is 3. The molecule has 0 spiro atoms. The first-order chi connectivity index (χ1) is 17.2. The van der Waals surface area contributed by atoms with Gasteiger partial charge in [-0.15, -0.1) is 0 Å². The van der Waals surface area contributed by atoms with Crippen molar-refractivity contribution in [2.75, 3.05) is 31.6 Å². The molecular weight excluding hydrogens is 461 g/mol. The van der Waals surface area contributed by atoms with Crippen LogP contribution in [0.3, 0.4) is 0 Å². The van der Waals surface area contributed by atoms with E-state index in [0.717, 1.165) is 18.7 Å². The smallest absolute Gasteiger partial charge is 0.255 e. The average molecular weight is 486 g/mol. The molecule has 3 amide bonds. The van der Waals surface area contributed by atoms with Crippen LogP contribution in [0.2, 0.25) is 0 Å². The van der Waals surface area contributed by atoms with E-state index in [9.17, 15) is 14.4 Å². The fourth-order valence-corrected chi connectivity index (χ4v) is 5.00. The molecule has 36 heavy (non-hydrogen) atoms. The second-order valence-electron chi connectivity index (χ2n) is 9.43. The molecule has 11 heteroatoms. The number of rotatable bonds is 6. The molecular formula is C25H25B2FN4O4. The quantitative estimate of drug-likeness (QED) is 0.468. The van der Waals surface area contributed by atoms with Gasteiger partial charge in [0.05, 0.1) is 28.9 Å². The van der Waals surface area contributed by atoms with Crippen LogP contribution >= 0.6 is 0 Å². The van der Waals surface area contributed by atoms with E-state index in [1.54, 1.807) is 30.3 Å². The number of nitrogens with one attached hydrogen (secondary N) is 2. The Bertz CT molecular complexity index is 1220. The molecule has 2 saturated heterocycles. The van der Waals surface area contributed by atoms with Gasteiger partial charge in [-0.1, -0.05) is 18.2 Å². The second-order valence-corrected chi connectivity index (χ2v) is 9.43. The van der Waals surface area contributed by atoms with Crippen LogP contribution in [0.4, 0.5) is 10.1 Å². The summed E-state index contributed by atoms with van der Waals surface area (Å²) in [6, 6.07) is 9.10. The molecule has 2 aromatic rings. The van der Waals surface area contributed by atoms with Crippen molar-refractivity contribution in [3.63, 3.8) is 0 Å². The van der Waals surface area contributed by atoms with Gasteiger partial charge in [0.25, 0.3) is 5.91 Å². The fourth-order valence-electron chi connectivity index (χ4n) is 5.00. The highest BCUT2D eigenvalue weighted by molar-refractivity contribution is 6.41. The molecule has 1 atom stereocenters. The molecule has 3 aliphatic rings. The molecule has 0 saturated carbocycles. The monoisotopic (exact) mass is 486 g/mol. The molecule has 2 aromatic carbocycles. The van der Waals surface area contributed by atoms with Crippen LogP contribution in [-0.4, -0.2) is 75.6 Å². The number of benzene rings is 2. The van der Waals surface area contributed by atoms with Crippen LogP contribution < -0.4 is 10.6 Å². The van der Waals surface area contributed by atoms with E-state index < -0.39 is 23.1 Å². The SMILES string of the molecule is [B]C([B])(Nc1cccc2c1CN(C1CCC(=O)NC1=O)C2=O)c1ccc(CN2CCOCC2)cc1F. The van der Waals surface area contributed by atoms with Gasteiger partial charge in [-0.05, 0) is 41.1 Å². The van der Waals surface area contributed by atoms with E-state index in [1.165, 1.54) is 11.0 Å². The summed E-state index contributed by atoms with van der Waals surface area (Å²) in [6.07, 6.45) is 0.421. The summed E-state index contributed by atoms with van der Waals surface area (Å²) in [6.45, 7) is 3.63. The number of hydrogen-bond donors (Lipinski definition) is 2. The number of nitrogens with zero attached hydrogens (tertiary/aromatic N) is 2. The second kappa shape index (κ2) is 9.71. The van der Waals surface area contributed by atoms with E-state index in [2.05, 4.69) is 15.5 Å². The fraction of sp³-hybridized carbons (Fsp3) is 0.400. The number of anilines is 1. The summed E-state index contributed by atoms with van der Waals surface area (Å²) in [4.78, 5) is 40.6. The summed E-state index contributed by atoms with van der Waals surface area (Å²) in [5, 5.41) is 3.52. The third kappa shape index (κ3) is 4.77. The Kier molecular flexibility index (Phi) is 6.61. The first kappa shape index (κ1) is 24.5. The molecule has 3 heterocycles. The van der Waals surface area contributed by atoms with Crippen LogP contribution in [0, 0.1) is 5.82 Å². The number of imide groups is 1. The average Bonchev–Trinajstić information content (AvgIpc) is 3.17. The lowest BCUT2D eigenvalue weighted by Crippen LogP contribution is -2.52.